The van der Waals surface area contributed by atoms with Crippen molar-refractivity contribution in [3.8, 4) is 10.6 Å². The summed E-state index contributed by atoms with van der Waals surface area (Å²) in [7, 11) is 2.18. The summed E-state index contributed by atoms with van der Waals surface area (Å²) in [6.45, 7) is 6.11. The van der Waals surface area contributed by atoms with Crippen LogP contribution in [-0.4, -0.2) is 32.7 Å². The Morgan fingerprint density at radius 2 is 1.86 bits per heavy atom. The Morgan fingerprint density at radius 1 is 1.07 bits per heavy atom. The Hall–Kier alpha value is -2.47. The van der Waals surface area contributed by atoms with Gasteiger partial charge in [-0.2, -0.15) is 0 Å². The second kappa shape index (κ2) is 8.49. The topological polar surface area (TPSA) is 46.3 Å². The van der Waals surface area contributed by atoms with E-state index in [1.807, 2.05) is 37.0 Å². The Bertz CT molecular complexity index is 1110. The summed E-state index contributed by atoms with van der Waals surface area (Å²) >= 11 is 1.78. The van der Waals surface area contributed by atoms with E-state index in [4.69, 9.17) is 5.10 Å². The molecule has 5 nitrogen and oxygen atoms in total. The van der Waals surface area contributed by atoms with Crippen molar-refractivity contribution in [2.75, 3.05) is 11.9 Å². The smallest absolute Gasteiger partial charge is 0.154 e. The van der Waals surface area contributed by atoms with Gasteiger partial charge in [-0.1, -0.05) is 33.1 Å². The fraction of sp³-hybridized carbons (Fsp3) is 0.435. The molecule has 1 aliphatic rings. The molecular weight excluding hydrogens is 378 g/mol. The van der Waals surface area contributed by atoms with Crippen molar-refractivity contribution < 1.29 is 0 Å². The van der Waals surface area contributed by atoms with E-state index in [9.17, 15) is 0 Å². The lowest BCUT2D eigenvalue weighted by Gasteiger charge is -2.31. The number of rotatable bonds is 3. The maximum absolute atomic E-state index is 4.95. The van der Waals surface area contributed by atoms with Crippen LogP contribution in [0, 0.1) is 6.92 Å². The van der Waals surface area contributed by atoms with Crippen molar-refractivity contribution in [1.82, 2.24) is 19.6 Å². The van der Waals surface area contributed by atoms with E-state index in [1.54, 1.807) is 11.3 Å². The first-order valence-electron chi connectivity index (χ1n) is 10.6. The molecule has 0 atom stereocenters. The van der Waals surface area contributed by atoms with Crippen LogP contribution in [0.5, 0.6) is 0 Å². The van der Waals surface area contributed by atoms with Gasteiger partial charge in [-0.05, 0) is 43.5 Å². The third-order valence-corrected chi connectivity index (χ3v) is 6.99. The van der Waals surface area contributed by atoms with Gasteiger partial charge >= 0.3 is 0 Å². The Kier molecular flexibility index (Phi) is 5.81. The van der Waals surface area contributed by atoms with E-state index in [0.29, 0.717) is 6.04 Å². The molecule has 0 amide bonds. The summed E-state index contributed by atoms with van der Waals surface area (Å²) in [5.74, 6) is 1.02. The van der Waals surface area contributed by atoms with Gasteiger partial charge in [-0.25, -0.2) is 9.50 Å². The molecule has 0 bridgehead atoms. The monoisotopic (exact) mass is 407 g/mol. The quantitative estimate of drug-likeness (QED) is 0.411. The molecule has 5 rings (SSSR count). The summed E-state index contributed by atoms with van der Waals surface area (Å²) in [5.41, 5.74) is 3.14. The molecule has 0 N–H and O–H groups in total. The van der Waals surface area contributed by atoms with E-state index >= 15 is 0 Å². The summed E-state index contributed by atoms with van der Waals surface area (Å²) in [6, 6.07) is 6.96. The molecule has 0 radical (unpaired) electrons. The SMILES string of the molecule is CC.Cc1cncc2cc(-c3cnc4ccc(N(C)C5CCCCC5)nn34)sc12. The van der Waals surface area contributed by atoms with E-state index in [0.717, 1.165) is 17.2 Å². The normalized spacial score (nSPS) is 14.8. The lowest BCUT2D eigenvalue weighted by molar-refractivity contribution is 0.425. The Balaban J connectivity index is 0.000000994. The number of pyridine rings is 1. The first kappa shape index (κ1) is 19.8. The number of thiophene rings is 1. The third-order valence-electron chi connectivity index (χ3n) is 5.69. The van der Waals surface area contributed by atoms with E-state index in [2.05, 4.69) is 47.0 Å². The van der Waals surface area contributed by atoms with Crippen molar-refractivity contribution in [2.45, 2.75) is 58.9 Å². The van der Waals surface area contributed by atoms with Gasteiger partial charge in [0.05, 0.1) is 11.1 Å². The van der Waals surface area contributed by atoms with Crippen LogP contribution in [0.1, 0.15) is 51.5 Å². The predicted molar refractivity (Wildman–Crippen MR) is 123 cm³/mol. The first-order valence-corrected chi connectivity index (χ1v) is 11.4. The molecule has 0 spiro atoms. The van der Waals surface area contributed by atoms with Gasteiger partial charge < -0.3 is 4.90 Å². The maximum Gasteiger partial charge on any atom is 0.154 e. The number of imidazole rings is 1. The minimum Gasteiger partial charge on any atom is -0.355 e. The van der Waals surface area contributed by atoms with Gasteiger partial charge in [0.2, 0.25) is 0 Å². The molecule has 4 aromatic heterocycles. The highest BCUT2D eigenvalue weighted by atomic mass is 32.1. The lowest BCUT2D eigenvalue weighted by Crippen LogP contribution is -2.34. The fourth-order valence-corrected chi connectivity index (χ4v) is 5.19. The van der Waals surface area contributed by atoms with Crippen molar-refractivity contribution in [3.63, 3.8) is 0 Å². The molecule has 0 unspecified atom stereocenters. The van der Waals surface area contributed by atoms with Crippen molar-refractivity contribution >= 4 is 32.9 Å². The molecule has 1 aliphatic carbocycles. The van der Waals surface area contributed by atoms with Crippen LogP contribution in [0.3, 0.4) is 0 Å². The van der Waals surface area contributed by atoms with Gasteiger partial charge in [-0.3, -0.25) is 4.98 Å². The van der Waals surface area contributed by atoms with Crippen LogP contribution in [-0.2, 0) is 0 Å². The largest absolute Gasteiger partial charge is 0.355 e. The molecule has 29 heavy (non-hydrogen) atoms. The summed E-state index contributed by atoms with van der Waals surface area (Å²) in [5, 5.41) is 6.13. The van der Waals surface area contributed by atoms with Crippen LogP contribution in [0.4, 0.5) is 5.82 Å². The zero-order valence-corrected chi connectivity index (χ0v) is 18.5. The fourth-order valence-electron chi connectivity index (χ4n) is 4.10. The average molecular weight is 408 g/mol. The van der Waals surface area contributed by atoms with Gasteiger partial charge in [0.15, 0.2) is 5.65 Å². The number of aromatic nitrogens is 4. The van der Waals surface area contributed by atoms with Crippen LogP contribution >= 0.6 is 11.3 Å². The van der Waals surface area contributed by atoms with E-state index in [-0.39, 0.29) is 0 Å². The maximum atomic E-state index is 4.95. The lowest BCUT2D eigenvalue weighted by atomic mass is 9.94. The molecule has 0 aliphatic heterocycles. The van der Waals surface area contributed by atoms with E-state index < -0.39 is 0 Å². The van der Waals surface area contributed by atoms with E-state index in [1.165, 1.54) is 52.6 Å². The number of hydrogen-bond donors (Lipinski definition) is 0. The number of hydrogen-bond acceptors (Lipinski definition) is 5. The van der Waals surface area contributed by atoms with Crippen LogP contribution in [0.25, 0.3) is 26.3 Å². The highest BCUT2D eigenvalue weighted by molar-refractivity contribution is 7.22. The molecular formula is C23H29N5S. The van der Waals surface area contributed by atoms with Gasteiger partial charge in [0.1, 0.15) is 11.5 Å². The molecule has 0 aromatic carbocycles. The van der Waals surface area contributed by atoms with Gasteiger partial charge in [0, 0.05) is 35.6 Å². The molecule has 1 saturated carbocycles. The highest BCUT2D eigenvalue weighted by Crippen LogP contribution is 2.35. The number of anilines is 1. The molecule has 0 saturated heterocycles. The van der Waals surface area contributed by atoms with Crippen LogP contribution in [0.2, 0.25) is 0 Å². The molecule has 4 aromatic rings. The summed E-state index contributed by atoms with van der Waals surface area (Å²) in [6.07, 6.45) is 12.3. The zero-order chi connectivity index (χ0) is 20.4. The Morgan fingerprint density at radius 3 is 2.62 bits per heavy atom. The molecule has 4 heterocycles. The van der Waals surface area contributed by atoms with Crippen molar-refractivity contribution in [1.29, 1.82) is 0 Å². The second-order valence-corrected chi connectivity index (χ2v) is 8.55. The second-order valence-electron chi connectivity index (χ2n) is 7.49. The van der Waals surface area contributed by atoms with Gasteiger partial charge in [0.25, 0.3) is 0 Å². The minimum absolute atomic E-state index is 0.591. The van der Waals surface area contributed by atoms with Crippen LogP contribution in [0.15, 0.2) is 36.8 Å². The predicted octanol–water partition coefficient (Wildman–Crippen LogP) is 6.11. The van der Waals surface area contributed by atoms with Crippen molar-refractivity contribution in [2.24, 2.45) is 0 Å². The number of aryl methyl sites for hydroxylation is 1. The molecule has 152 valence electrons. The standard InChI is InChI=1S/C21H23N5S.C2H6/c1-14-11-22-12-15-10-18(27-21(14)15)17-13-23-19-8-9-20(24-26(17)19)25(2)16-6-4-3-5-7-16;1-2/h8-13,16H,3-7H2,1-2H3;1-2H3. The van der Waals surface area contributed by atoms with Gasteiger partial charge in [-0.15, -0.1) is 16.4 Å². The summed E-state index contributed by atoms with van der Waals surface area (Å²) in [4.78, 5) is 12.4. The summed E-state index contributed by atoms with van der Waals surface area (Å²) < 4.78 is 3.27. The van der Waals surface area contributed by atoms with Crippen molar-refractivity contribution in [3.05, 3.63) is 42.4 Å². The molecule has 1 fully saturated rings. The average Bonchev–Trinajstić information content (AvgIpc) is 3.39. The molecule has 6 heteroatoms. The Labute approximate surface area is 176 Å². The highest BCUT2D eigenvalue weighted by Gasteiger charge is 2.20. The number of fused-ring (bicyclic) bond motifs is 2. The first-order chi connectivity index (χ1) is 14.2. The zero-order valence-electron chi connectivity index (χ0n) is 17.7. The third kappa shape index (κ3) is 3.73. The minimum atomic E-state index is 0.591. The number of nitrogens with zero attached hydrogens (tertiary/aromatic N) is 5. The van der Waals surface area contributed by atoms with Crippen LogP contribution < -0.4 is 4.90 Å².